The first kappa shape index (κ1) is 20.9. The van der Waals surface area contributed by atoms with Gasteiger partial charge in [-0.25, -0.2) is 4.79 Å². The number of halogens is 1. The molecule has 1 saturated heterocycles. The number of aliphatic hydroxyl groups is 1. The number of nitrogens with one attached hydrogen (secondary N) is 1. The standard InChI is InChI=1S/C23H25BrN4O2/c24-20-7-5-19(6-8-20)22-15-21(25-23(30)26-22)18-3-1-17(2-4-18)16-28-11-9-27(10-12-28)13-14-29/h1-8,15,29H,9-14,16H2,(H,25,26,30). The quantitative estimate of drug-likeness (QED) is 0.581. The predicted octanol–water partition coefficient (Wildman–Crippen LogP) is 2.98. The van der Waals surface area contributed by atoms with Crippen molar-refractivity contribution in [2.75, 3.05) is 39.3 Å². The number of β-amino-alcohol motifs (C(OH)–C–C–N with tert-alkyl or cyclic N) is 1. The lowest BCUT2D eigenvalue weighted by Gasteiger charge is -2.34. The Kier molecular flexibility index (Phi) is 6.74. The van der Waals surface area contributed by atoms with Gasteiger partial charge in [0.2, 0.25) is 0 Å². The zero-order valence-corrected chi connectivity index (χ0v) is 18.3. The van der Waals surface area contributed by atoms with Gasteiger partial charge in [0.15, 0.2) is 0 Å². The number of nitrogens with zero attached hydrogens (tertiary/aromatic N) is 3. The largest absolute Gasteiger partial charge is 0.395 e. The number of aliphatic hydroxyl groups excluding tert-OH is 1. The Hall–Kier alpha value is -2.32. The minimum Gasteiger partial charge on any atom is -0.395 e. The molecule has 0 saturated carbocycles. The summed E-state index contributed by atoms with van der Waals surface area (Å²) in [6.07, 6.45) is 0. The second kappa shape index (κ2) is 9.66. The Bertz CT molecular complexity index is 1030. The molecule has 30 heavy (non-hydrogen) atoms. The third-order valence-corrected chi connectivity index (χ3v) is 5.97. The van der Waals surface area contributed by atoms with E-state index < -0.39 is 0 Å². The summed E-state index contributed by atoms with van der Waals surface area (Å²) in [5.41, 5.74) is 4.18. The Labute approximate surface area is 184 Å². The van der Waals surface area contributed by atoms with Gasteiger partial charge < -0.3 is 10.1 Å². The highest BCUT2D eigenvalue weighted by Gasteiger charge is 2.16. The van der Waals surface area contributed by atoms with Gasteiger partial charge in [-0.2, -0.15) is 4.98 Å². The summed E-state index contributed by atoms with van der Waals surface area (Å²) in [6, 6.07) is 18.0. The van der Waals surface area contributed by atoms with Crippen molar-refractivity contribution in [2.45, 2.75) is 6.54 Å². The summed E-state index contributed by atoms with van der Waals surface area (Å²) in [5, 5.41) is 9.07. The smallest absolute Gasteiger partial charge is 0.345 e. The van der Waals surface area contributed by atoms with Crippen molar-refractivity contribution >= 4 is 15.9 Å². The van der Waals surface area contributed by atoms with Crippen LogP contribution in [0.15, 0.2) is 63.9 Å². The number of rotatable bonds is 6. The van der Waals surface area contributed by atoms with E-state index in [0.717, 1.165) is 60.6 Å². The Balaban J connectivity index is 1.46. The maximum atomic E-state index is 12.1. The first-order valence-electron chi connectivity index (χ1n) is 10.1. The fraction of sp³-hybridized carbons (Fsp3) is 0.304. The fourth-order valence-corrected chi connectivity index (χ4v) is 4.01. The molecule has 0 spiro atoms. The van der Waals surface area contributed by atoms with Gasteiger partial charge in [0.1, 0.15) is 0 Å². The van der Waals surface area contributed by atoms with Crippen LogP contribution >= 0.6 is 15.9 Å². The van der Waals surface area contributed by atoms with Crippen molar-refractivity contribution in [3.8, 4) is 22.5 Å². The zero-order chi connectivity index (χ0) is 20.9. The van der Waals surface area contributed by atoms with E-state index in [1.807, 2.05) is 42.5 Å². The van der Waals surface area contributed by atoms with E-state index in [-0.39, 0.29) is 12.3 Å². The molecule has 1 aliphatic rings. The lowest BCUT2D eigenvalue weighted by Crippen LogP contribution is -2.46. The van der Waals surface area contributed by atoms with Gasteiger partial charge in [-0.05, 0) is 29.3 Å². The zero-order valence-electron chi connectivity index (χ0n) is 16.7. The summed E-state index contributed by atoms with van der Waals surface area (Å²) >= 11 is 3.44. The van der Waals surface area contributed by atoms with Crippen LogP contribution in [0.3, 0.4) is 0 Å². The van der Waals surface area contributed by atoms with E-state index in [9.17, 15) is 4.79 Å². The molecule has 2 heterocycles. The molecule has 0 atom stereocenters. The number of aromatic nitrogens is 2. The number of piperazine rings is 1. The van der Waals surface area contributed by atoms with E-state index in [0.29, 0.717) is 5.69 Å². The second-order valence-corrected chi connectivity index (χ2v) is 8.45. The number of hydrogen-bond acceptors (Lipinski definition) is 5. The molecule has 6 nitrogen and oxygen atoms in total. The molecule has 4 rings (SSSR count). The van der Waals surface area contributed by atoms with Gasteiger partial charge in [0.25, 0.3) is 0 Å². The molecule has 0 aliphatic carbocycles. The average molecular weight is 469 g/mol. The first-order valence-corrected chi connectivity index (χ1v) is 10.9. The topological polar surface area (TPSA) is 72.5 Å². The molecule has 1 aromatic heterocycles. The maximum absolute atomic E-state index is 12.1. The highest BCUT2D eigenvalue weighted by Crippen LogP contribution is 2.24. The summed E-state index contributed by atoms with van der Waals surface area (Å²) in [6.45, 7) is 5.89. The molecule has 1 fully saturated rings. The van der Waals surface area contributed by atoms with Gasteiger partial charge in [-0.3, -0.25) is 9.80 Å². The van der Waals surface area contributed by atoms with Crippen molar-refractivity contribution in [3.05, 3.63) is 75.1 Å². The lowest BCUT2D eigenvalue weighted by molar-refractivity contribution is 0.108. The fourth-order valence-electron chi connectivity index (χ4n) is 3.74. The molecule has 3 aromatic rings. The third kappa shape index (κ3) is 5.23. The van der Waals surface area contributed by atoms with E-state index >= 15 is 0 Å². The van der Waals surface area contributed by atoms with Crippen LogP contribution in [0.1, 0.15) is 5.56 Å². The van der Waals surface area contributed by atoms with Crippen molar-refractivity contribution in [1.82, 2.24) is 19.8 Å². The lowest BCUT2D eigenvalue weighted by atomic mass is 10.1. The monoisotopic (exact) mass is 468 g/mol. The molecule has 0 unspecified atom stereocenters. The minimum atomic E-state index is -0.352. The van der Waals surface area contributed by atoms with Crippen LogP contribution in [-0.2, 0) is 6.54 Å². The van der Waals surface area contributed by atoms with Gasteiger partial charge in [-0.15, -0.1) is 0 Å². The minimum absolute atomic E-state index is 0.224. The first-order chi connectivity index (χ1) is 14.6. The van der Waals surface area contributed by atoms with Crippen molar-refractivity contribution in [3.63, 3.8) is 0 Å². The summed E-state index contributed by atoms with van der Waals surface area (Å²) in [7, 11) is 0. The molecule has 0 radical (unpaired) electrons. The maximum Gasteiger partial charge on any atom is 0.345 e. The number of H-pyrrole nitrogens is 1. The van der Waals surface area contributed by atoms with Crippen LogP contribution in [0.4, 0.5) is 0 Å². The summed E-state index contributed by atoms with van der Waals surface area (Å²) in [4.78, 5) is 23.8. The van der Waals surface area contributed by atoms with Gasteiger partial charge in [0, 0.05) is 49.3 Å². The van der Waals surface area contributed by atoms with Crippen LogP contribution in [-0.4, -0.2) is 64.2 Å². The SMILES string of the molecule is O=c1nc(-c2ccc(CN3CCN(CCO)CC3)cc2)cc(-c2ccc(Br)cc2)[nH]1. The molecule has 0 bridgehead atoms. The van der Waals surface area contributed by atoms with Crippen LogP contribution in [0.5, 0.6) is 0 Å². The molecule has 156 valence electrons. The number of benzene rings is 2. The average Bonchev–Trinajstić information content (AvgIpc) is 2.76. The summed E-state index contributed by atoms with van der Waals surface area (Å²) in [5.74, 6) is 0. The van der Waals surface area contributed by atoms with Crippen LogP contribution in [0.2, 0.25) is 0 Å². The highest BCUT2D eigenvalue weighted by molar-refractivity contribution is 9.10. The predicted molar refractivity (Wildman–Crippen MR) is 122 cm³/mol. The van der Waals surface area contributed by atoms with Crippen LogP contribution in [0.25, 0.3) is 22.5 Å². The Morgan fingerprint density at radius 1 is 0.933 bits per heavy atom. The van der Waals surface area contributed by atoms with Gasteiger partial charge >= 0.3 is 5.69 Å². The molecule has 7 heteroatoms. The Morgan fingerprint density at radius 3 is 2.23 bits per heavy atom. The summed E-state index contributed by atoms with van der Waals surface area (Å²) < 4.78 is 0.994. The number of aromatic amines is 1. The van der Waals surface area contributed by atoms with E-state index in [1.165, 1.54) is 5.56 Å². The van der Waals surface area contributed by atoms with Crippen molar-refractivity contribution < 1.29 is 5.11 Å². The normalized spacial score (nSPS) is 15.4. The highest BCUT2D eigenvalue weighted by atomic mass is 79.9. The van der Waals surface area contributed by atoms with Crippen LogP contribution < -0.4 is 5.69 Å². The molecule has 2 aromatic carbocycles. The molecular weight excluding hydrogens is 444 g/mol. The second-order valence-electron chi connectivity index (χ2n) is 7.53. The van der Waals surface area contributed by atoms with Crippen LogP contribution in [0, 0.1) is 0 Å². The molecular formula is C23H25BrN4O2. The van der Waals surface area contributed by atoms with Crippen molar-refractivity contribution in [2.24, 2.45) is 0 Å². The van der Waals surface area contributed by atoms with Crippen molar-refractivity contribution in [1.29, 1.82) is 0 Å². The van der Waals surface area contributed by atoms with E-state index in [4.69, 9.17) is 5.11 Å². The third-order valence-electron chi connectivity index (χ3n) is 5.44. The van der Waals surface area contributed by atoms with Gasteiger partial charge in [0.05, 0.1) is 18.0 Å². The Morgan fingerprint density at radius 2 is 1.57 bits per heavy atom. The number of hydrogen-bond donors (Lipinski definition) is 2. The molecule has 2 N–H and O–H groups in total. The molecule has 0 amide bonds. The van der Waals surface area contributed by atoms with Gasteiger partial charge in [-0.1, -0.05) is 52.3 Å². The van der Waals surface area contributed by atoms with E-state index in [1.54, 1.807) is 0 Å². The van der Waals surface area contributed by atoms with E-state index in [2.05, 4.69) is 47.8 Å². The molecule has 1 aliphatic heterocycles.